The second kappa shape index (κ2) is 6.31. The molecule has 2 aliphatic heterocycles. The van der Waals surface area contributed by atoms with E-state index in [2.05, 4.69) is 21.2 Å². The molecule has 1 aromatic carbocycles. The van der Waals surface area contributed by atoms with Crippen LogP contribution in [0.3, 0.4) is 0 Å². The molecule has 1 aromatic rings. The van der Waals surface area contributed by atoms with Gasteiger partial charge in [-0.3, -0.25) is 14.4 Å². The van der Waals surface area contributed by atoms with Gasteiger partial charge in [-0.1, -0.05) is 15.9 Å². The average Bonchev–Trinajstić information content (AvgIpc) is 3.15. The molecule has 0 aliphatic carbocycles. The number of rotatable bonds is 2. The Morgan fingerprint density at radius 2 is 2.00 bits per heavy atom. The Hall–Kier alpha value is -1.89. The lowest BCUT2D eigenvalue weighted by atomic mass is 10.1. The molecule has 23 heavy (non-hydrogen) atoms. The predicted octanol–water partition coefficient (Wildman–Crippen LogP) is 1.60. The van der Waals surface area contributed by atoms with Crippen molar-refractivity contribution in [3.63, 3.8) is 0 Å². The topological polar surface area (TPSA) is 69.7 Å². The van der Waals surface area contributed by atoms with Crippen LogP contribution in [-0.2, 0) is 14.4 Å². The molecule has 3 amide bonds. The van der Waals surface area contributed by atoms with Crippen molar-refractivity contribution in [2.45, 2.75) is 25.8 Å². The van der Waals surface area contributed by atoms with E-state index in [1.165, 1.54) is 4.90 Å². The van der Waals surface area contributed by atoms with Gasteiger partial charge in [-0.25, -0.2) is 0 Å². The third-order valence-corrected chi connectivity index (χ3v) is 4.78. The highest BCUT2D eigenvalue weighted by Gasteiger charge is 2.39. The highest BCUT2D eigenvalue weighted by molar-refractivity contribution is 9.10. The summed E-state index contributed by atoms with van der Waals surface area (Å²) in [6, 6.07) is 4.71. The number of amides is 3. The summed E-state index contributed by atoms with van der Waals surface area (Å²) in [6.07, 6.45) is 1.83. The van der Waals surface area contributed by atoms with Crippen LogP contribution in [0.1, 0.15) is 31.4 Å². The molecule has 0 aromatic heterocycles. The largest absolute Gasteiger partial charge is 0.334 e. The van der Waals surface area contributed by atoms with Crippen LogP contribution in [0.15, 0.2) is 22.7 Å². The molecule has 2 heterocycles. The molecule has 0 radical (unpaired) electrons. The normalized spacial score (nSPS) is 19.9. The number of anilines is 1. The first-order valence-corrected chi connectivity index (χ1v) is 8.53. The zero-order valence-electron chi connectivity index (χ0n) is 12.8. The molecule has 0 bridgehead atoms. The summed E-state index contributed by atoms with van der Waals surface area (Å²) in [5.41, 5.74) is 1.49. The van der Waals surface area contributed by atoms with Crippen LogP contribution in [0.5, 0.6) is 0 Å². The van der Waals surface area contributed by atoms with E-state index < -0.39 is 17.9 Å². The lowest BCUT2D eigenvalue weighted by Crippen LogP contribution is -2.45. The molecule has 3 rings (SSSR count). The van der Waals surface area contributed by atoms with Gasteiger partial charge in [0.1, 0.15) is 6.04 Å². The van der Waals surface area contributed by atoms with E-state index in [-0.39, 0.29) is 5.91 Å². The Morgan fingerprint density at radius 1 is 1.30 bits per heavy atom. The molecule has 1 N–H and O–H groups in total. The van der Waals surface area contributed by atoms with Crippen molar-refractivity contribution in [3.8, 4) is 0 Å². The standard InChI is InChI=1S/C16H18BrN3O3/c1-2-20-12-6-5-10(17)9-11(12)13(15(20)22)18-14(21)16(23)19-7-3-4-8-19/h5-6,9,13H,2-4,7-8H2,1H3,(H,18,21)/t13-/m1/s1. The minimum absolute atomic E-state index is 0.205. The average molecular weight is 380 g/mol. The lowest BCUT2D eigenvalue weighted by Gasteiger charge is -2.18. The number of nitrogens with one attached hydrogen (secondary N) is 1. The molecule has 2 aliphatic rings. The molecule has 0 saturated carbocycles. The summed E-state index contributed by atoms with van der Waals surface area (Å²) in [5, 5.41) is 2.61. The van der Waals surface area contributed by atoms with Crippen molar-refractivity contribution >= 4 is 39.3 Å². The smallest absolute Gasteiger partial charge is 0.311 e. The van der Waals surface area contributed by atoms with Crippen LogP contribution >= 0.6 is 15.9 Å². The summed E-state index contributed by atoms with van der Waals surface area (Å²) in [7, 11) is 0. The van der Waals surface area contributed by atoms with Gasteiger partial charge in [0.25, 0.3) is 5.91 Å². The monoisotopic (exact) mass is 379 g/mol. The highest BCUT2D eigenvalue weighted by atomic mass is 79.9. The van der Waals surface area contributed by atoms with Crippen LogP contribution in [0.4, 0.5) is 5.69 Å². The van der Waals surface area contributed by atoms with Gasteiger partial charge in [0.05, 0.1) is 0 Å². The second-order valence-corrected chi connectivity index (χ2v) is 6.61. The fourth-order valence-electron chi connectivity index (χ4n) is 3.13. The summed E-state index contributed by atoms with van der Waals surface area (Å²) in [6.45, 7) is 3.60. The van der Waals surface area contributed by atoms with Crippen molar-refractivity contribution < 1.29 is 14.4 Å². The number of halogens is 1. The molecule has 0 unspecified atom stereocenters. The van der Waals surface area contributed by atoms with Gasteiger partial charge in [-0.15, -0.1) is 0 Å². The Bertz CT molecular complexity index is 671. The van der Waals surface area contributed by atoms with E-state index in [1.54, 1.807) is 4.90 Å². The molecule has 1 saturated heterocycles. The number of hydrogen-bond donors (Lipinski definition) is 1. The van der Waals surface area contributed by atoms with Gasteiger partial charge in [-0.2, -0.15) is 0 Å². The van der Waals surface area contributed by atoms with Gasteiger partial charge >= 0.3 is 11.8 Å². The van der Waals surface area contributed by atoms with Crippen molar-refractivity contribution in [3.05, 3.63) is 28.2 Å². The van der Waals surface area contributed by atoms with Crippen LogP contribution in [0.2, 0.25) is 0 Å². The van der Waals surface area contributed by atoms with E-state index in [1.807, 2.05) is 25.1 Å². The number of carbonyl (C=O) groups is 3. The van der Waals surface area contributed by atoms with Gasteiger partial charge in [0.2, 0.25) is 0 Å². The first-order chi connectivity index (χ1) is 11.0. The number of hydrogen-bond acceptors (Lipinski definition) is 3. The minimum Gasteiger partial charge on any atom is -0.334 e. The maximum absolute atomic E-state index is 12.6. The van der Waals surface area contributed by atoms with Gasteiger partial charge in [0, 0.05) is 35.4 Å². The molecular weight excluding hydrogens is 362 g/mol. The quantitative estimate of drug-likeness (QED) is 0.793. The van der Waals surface area contributed by atoms with E-state index in [4.69, 9.17) is 0 Å². The number of fused-ring (bicyclic) bond motifs is 1. The Balaban J connectivity index is 1.82. The number of benzene rings is 1. The maximum Gasteiger partial charge on any atom is 0.311 e. The van der Waals surface area contributed by atoms with Gasteiger partial charge < -0.3 is 15.1 Å². The number of likely N-dealkylation sites (tertiary alicyclic amines) is 1. The Labute approximate surface area is 142 Å². The highest BCUT2D eigenvalue weighted by Crippen LogP contribution is 2.37. The van der Waals surface area contributed by atoms with Crippen LogP contribution in [0, 0.1) is 0 Å². The predicted molar refractivity (Wildman–Crippen MR) is 88.9 cm³/mol. The third-order valence-electron chi connectivity index (χ3n) is 4.28. The van der Waals surface area contributed by atoms with E-state index >= 15 is 0 Å². The SMILES string of the molecule is CCN1C(=O)[C@H](NC(=O)C(=O)N2CCCC2)c2cc(Br)ccc21. The fourth-order valence-corrected chi connectivity index (χ4v) is 3.51. The lowest BCUT2D eigenvalue weighted by molar-refractivity contribution is -0.146. The molecule has 1 atom stereocenters. The zero-order chi connectivity index (χ0) is 16.6. The second-order valence-electron chi connectivity index (χ2n) is 5.69. The summed E-state index contributed by atoms with van der Waals surface area (Å²) in [4.78, 5) is 40.1. The summed E-state index contributed by atoms with van der Waals surface area (Å²) < 4.78 is 0.826. The van der Waals surface area contributed by atoms with Crippen molar-refractivity contribution in [1.29, 1.82) is 0 Å². The molecule has 122 valence electrons. The zero-order valence-corrected chi connectivity index (χ0v) is 14.4. The van der Waals surface area contributed by atoms with E-state index in [0.717, 1.165) is 23.0 Å². The maximum atomic E-state index is 12.6. The molecule has 7 heteroatoms. The number of likely N-dealkylation sites (N-methyl/N-ethyl adjacent to an activating group) is 1. The van der Waals surface area contributed by atoms with Crippen molar-refractivity contribution in [2.24, 2.45) is 0 Å². The third kappa shape index (κ3) is 2.85. The molecular formula is C16H18BrN3O3. The summed E-state index contributed by atoms with van der Waals surface area (Å²) in [5.74, 6) is -1.47. The Morgan fingerprint density at radius 3 is 2.65 bits per heavy atom. The first kappa shape index (κ1) is 16.0. The van der Waals surface area contributed by atoms with Crippen LogP contribution < -0.4 is 10.2 Å². The van der Waals surface area contributed by atoms with Crippen LogP contribution in [0.25, 0.3) is 0 Å². The minimum atomic E-state index is -0.804. The number of carbonyl (C=O) groups excluding carboxylic acids is 3. The fraction of sp³-hybridized carbons (Fsp3) is 0.438. The Kier molecular flexibility index (Phi) is 4.39. The van der Waals surface area contributed by atoms with Crippen molar-refractivity contribution in [2.75, 3.05) is 24.5 Å². The number of nitrogens with zero attached hydrogens (tertiary/aromatic N) is 2. The van der Waals surface area contributed by atoms with Crippen LogP contribution in [-0.4, -0.2) is 42.3 Å². The van der Waals surface area contributed by atoms with E-state index in [9.17, 15) is 14.4 Å². The van der Waals surface area contributed by atoms with E-state index in [0.29, 0.717) is 25.2 Å². The molecule has 0 spiro atoms. The van der Waals surface area contributed by atoms with Crippen molar-refractivity contribution in [1.82, 2.24) is 10.2 Å². The summed E-state index contributed by atoms with van der Waals surface area (Å²) >= 11 is 3.39. The molecule has 1 fully saturated rings. The molecule has 6 nitrogen and oxygen atoms in total. The first-order valence-electron chi connectivity index (χ1n) is 7.73. The van der Waals surface area contributed by atoms with Gasteiger partial charge in [-0.05, 0) is 38.0 Å². The van der Waals surface area contributed by atoms with Gasteiger partial charge in [0.15, 0.2) is 0 Å².